The Morgan fingerprint density at radius 1 is 1.35 bits per heavy atom. The summed E-state index contributed by atoms with van der Waals surface area (Å²) in [4.78, 5) is 25.1. The second-order valence-corrected chi connectivity index (χ2v) is 6.41. The van der Waals surface area contributed by atoms with Gasteiger partial charge in [-0.05, 0) is 38.2 Å². The number of esters is 1. The lowest BCUT2D eigenvalue weighted by molar-refractivity contribution is -0.116. The fraction of sp³-hybridized carbons (Fsp3) is 0.562. The van der Waals surface area contributed by atoms with Crippen LogP contribution in [-0.4, -0.2) is 29.4 Å². The molecule has 6 nitrogen and oxygen atoms in total. The Balaban J connectivity index is 2.38. The lowest BCUT2D eigenvalue weighted by Gasteiger charge is -2.13. The van der Waals surface area contributed by atoms with Crippen molar-refractivity contribution in [3.05, 3.63) is 16.0 Å². The third-order valence-corrected chi connectivity index (χ3v) is 4.92. The molecule has 126 valence electrons. The van der Waals surface area contributed by atoms with Gasteiger partial charge in [0.25, 0.3) is 0 Å². The van der Waals surface area contributed by atoms with Crippen LogP contribution < -0.4 is 5.32 Å². The number of amides is 1. The minimum Gasteiger partial charge on any atom is -0.462 e. The van der Waals surface area contributed by atoms with Gasteiger partial charge in [0.1, 0.15) is 5.00 Å². The van der Waals surface area contributed by atoms with Crippen molar-refractivity contribution >= 4 is 33.9 Å². The van der Waals surface area contributed by atoms with E-state index in [9.17, 15) is 9.59 Å². The van der Waals surface area contributed by atoms with Crippen LogP contribution in [0.1, 0.15) is 66.8 Å². The summed E-state index contributed by atoms with van der Waals surface area (Å²) in [5, 5.41) is 15.8. The number of anilines is 1. The second kappa shape index (κ2) is 8.10. The molecule has 0 saturated heterocycles. The van der Waals surface area contributed by atoms with Crippen LogP contribution in [0.25, 0.3) is 0 Å². The van der Waals surface area contributed by atoms with Gasteiger partial charge in [0.2, 0.25) is 5.91 Å². The Kier molecular flexibility index (Phi) is 6.15. The predicted octanol–water partition coefficient (Wildman–Crippen LogP) is 3.57. The van der Waals surface area contributed by atoms with Crippen LogP contribution in [0.2, 0.25) is 0 Å². The molecule has 1 heterocycles. The first-order chi connectivity index (χ1) is 11.1. The number of fused-ring (bicyclic) bond motifs is 1. The molecule has 1 aliphatic rings. The maximum atomic E-state index is 12.3. The molecule has 0 spiro atoms. The minimum absolute atomic E-state index is 0.113. The largest absolute Gasteiger partial charge is 0.462 e. The molecule has 2 rings (SSSR count). The molecule has 0 bridgehead atoms. The Morgan fingerprint density at radius 3 is 2.78 bits per heavy atom. The summed E-state index contributed by atoms with van der Waals surface area (Å²) in [5.41, 5.74) is 1.80. The van der Waals surface area contributed by atoms with Gasteiger partial charge in [-0.15, -0.1) is 11.3 Å². The summed E-state index contributed by atoms with van der Waals surface area (Å²) in [6.45, 7) is 4.04. The highest BCUT2D eigenvalue weighted by Crippen LogP contribution is 2.39. The van der Waals surface area contributed by atoms with Crippen molar-refractivity contribution in [2.24, 2.45) is 5.16 Å². The first kappa shape index (κ1) is 17.5. The van der Waals surface area contributed by atoms with E-state index in [1.807, 2.05) is 6.92 Å². The normalized spacial score (nSPS) is 15.3. The number of thiophene rings is 1. The number of oxime groups is 1. The third-order valence-electron chi connectivity index (χ3n) is 3.72. The standard InChI is InChI=1S/C16H22N2O4S/c1-3-5-9-12(19)17-15-13(16(20)22-4-2)10-7-6-8-11(18-21)14(10)23-15/h21H,3-9H2,1-2H3,(H,17,19)/b18-11-. The molecule has 1 aromatic rings. The van der Waals surface area contributed by atoms with E-state index in [0.717, 1.165) is 29.7 Å². The molecule has 0 unspecified atom stereocenters. The van der Waals surface area contributed by atoms with E-state index in [1.54, 1.807) is 6.92 Å². The van der Waals surface area contributed by atoms with E-state index in [0.29, 0.717) is 35.5 Å². The first-order valence-electron chi connectivity index (χ1n) is 7.96. The van der Waals surface area contributed by atoms with E-state index < -0.39 is 5.97 Å². The number of unbranched alkanes of at least 4 members (excludes halogenated alkanes) is 1. The smallest absolute Gasteiger partial charge is 0.341 e. The van der Waals surface area contributed by atoms with Crippen molar-refractivity contribution < 1.29 is 19.5 Å². The van der Waals surface area contributed by atoms with Crippen molar-refractivity contribution in [1.29, 1.82) is 0 Å². The summed E-state index contributed by atoms with van der Waals surface area (Å²) >= 11 is 1.29. The monoisotopic (exact) mass is 338 g/mol. The Bertz CT molecular complexity index is 622. The van der Waals surface area contributed by atoms with Crippen LogP contribution in [0.4, 0.5) is 5.00 Å². The van der Waals surface area contributed by atoms with E-state index in [-0.39, 0.29) is 12.5 Å². The van der Waals surface area contributed by atoms with Gasteiger partial charge in [-0.25, -0.2) is 4.79 Å². The zero-order chi connectivity index (χ0) is 16.8. The number of nitrogens with zero attached hydrogens (tertiary/aromatic N) is 1. The molecule has 1 aliphatic carbocycles. The number of carbonyl (C=O) groups is 2. The van der Waals surface area contributed by atoms with Gasteiger partial charge in [0.05, 0.1) is 22.8 Å². The fourth-order valence-corrected chi connectivity index (χ4v) is 3.88. The van der Waals surface area contributed by atoms with Crippen molar-refractivity contribution in [1.82, 2.24) is 0 Å². The van der Waals surface area contributed by atoms with E-state index >= 15 is 0 Å². The van der Waals surface area contributed by atoms with Crippen LogP contribution in [-0.2, 0) is 16.0 Å². The molecular weight excluding hydrogens is 316 g/mol. The SMILES string of the molecule is CCCCC(=O)Nc1sc2c(c1C(=O)OCC)CCC/C2=N/O. The van der Waals surface area contributed by atoms with Crippen LogP contribution >= 0.6 is 11.3 Å². The van der Waals surface area contributed by atoms with Gasteiger partial charge in [0, 0.05) is 6.42 Å². The van der Waals surface area contributed by atoms with Crippen molar-refractivity contribution in [3.8, 4) is 0 Å². The zero-order valence-corrected chi connectivity index (χ0v) is 14.3. The number of rotatable bonds is 6. The molecule has 23 heavy (non-hydrogen) atoms. The molecule has 0 atom stereocenters. The number of hydrogen-bond acceptors (Lipinski definition) is 6. The van der Waals surface area contributed by atoms with Crippen molar-refractivity contribution in [2.45, 2.75) is 52.4 Å². The summed E-state index contributed by atoms with van der Waals surface area (Å²) < 4.78 is 5.14. The highest BCUT2D eigenvalue weighted by Gasteiger charge is 2.30. The maximum absolute atomic E-state index is 12.3. The van der Waals surface area contributed by atoms with Crippen LogP contribution in [0.15, 0.2) is 5.16 Å². The van der Waals surface area contributed by atoms with Gasteiger partial charge >= 0.3 is 5.97 Å². The number of ether oxygens (including phenoxy) is 1. The maximum Gasteiger partial charge on any atom is 0.341 e. The first-order valence-corrected chi connectivity index (χ1v) is 8.77. The topological polar surface area (TPSA) is 88.0 Å². The van der Waals surface area contributed by atoms with E-state index in [1.165, 1.54) is 11.3 Å². The Hall–Kier alpha value is -1.89. The molecule has 7 heteroatoms. The summed E-state index contributed by atoms with van der Waals surface area (Å²) in [7, 11) is 0. The van der Waals surface area contributed by atoms with Crippen LogP contribution in [0.5, 0.6) is 0 Å². The number of carbonyl (C=O) groups excluding carboxylic acids is 2. The predicted molar refractivity (Wildman–Crippen MR) is 89.7 cm³/mol. The van der Waals surface area contributed by atoms with Gasteiger partial charge in [0.15, 0.2) is 0 Å². The van der Waals surface area contributed by atoms with Gasteiger partial charge in [-0.1, -0.05) is 18.5 Å². The van der Waals surface area contributed by atoms with E-state index in [2.05, 4.69) is 10.5 Å². The molecule has 1 amide bonds. The number of nitrogens with one attached hydrogen (secondary N) is 1. The number of hydrogen-bond donors (Lipinski definition) is 2. The quantitative estimate of drug-likeness (QED) is 0.471. The summed E-state index contributed by atoms with van der Waals surface area (Å²) in [6.07, 6.45) is 4.33. The van der Waals surface area contributed by atoms with Crippen LogP contribution in [0, 0.1) is 0 Å². The van der Waals surface area contributed by atoms with Crippen molar-refractivity contribution in [2.75, 3.05) is 11.9 Å². The highest BCUT2D eigenvalue weighted by atomic mass is 32.1. The zero-order valence-electron chi connectivity index (χ0n) is 13.5. The van der Waals surface area contributed by atoms with Gasteiger partial charge in [-0.3, -0.25) is 4.79 Å². The lowest BCUT2D eigenvalue weighted by atomic mass is 9.94. The van der Waals surface area contributed by atoms with E-state index in [4.69, 9.17) is 9.94 Å². The average Bonchev–Trinajstić information content (AvgIpc) is 2.90. The summed E-state index contributed by atoms with van der Waals surface area (Å²) in [5.74, 6) is -0.548. The molecule has 2 N–H and O–H groups in total. The van der Waals surface area contributed by atoms with Crippen LogP contribution in [0.3, 0.4) is 0 Å². The Labute approximate surface area is 139 Å². The summed E-state index contributed by atoms with van der Waals surface area (Å²) in [6, 6.07) is 0. The fourth-order valence-electron chi connectivity index (χ4n) is 2.61. The molecule has 0 radical (unpaired) electrons. The minimum atomic E-state index is -0.435. The average molecular weight is 338 g/mol. The molecule has 0 aromatic carbocycles. The van der Waals surface area contributed by atoms with Gasteiger partial charge < -0.3 is 15.3 Å². The Morgan fingerprint density at radius 2 is 2.13 bits per heavy atom. The van der Waals surface area contributed by atoms with Gasteiger partial charge in [-0.2, -0.15) is 0 Å². The molecular formula is C16H22N2O4S. The lowest BCUT2D eigenvalue weighted by Crippen LogP contribution is -2.16. The van der Waals surface area contributed by atoms with Crippen molar-refractivity contribution in [3.63, 3.8) is 0 Å². The highest BCUT2D eigenvalue weighted by molar-refractivity contribution is 7.19. The molecule has 0 fully saturated rings. The molecule has 0 aliphatic heterocycles. The molecule has 1 aromatic heterocycles. The second-order valence-electron chi connectivity index (χ2n) is 5.39. The molecule has 0 saturated carbocycles. The third kappa shape index (κ3) is 3.90.